The van der Waals surface area contributed by atoms with Crippen LogP contribution in [-0.2, 0) is 0 Å². The van der Waals surface area contributed by atoms with E-state index < -0.39 is 0 Å². The van der Waals surface area contributed by atoms with Crippen molar-refractivity contribution in [2.45, 2.75) is 18.9 Å². The van der Waals surface area contributed by atoms with Gasteiger partial charge in [0, 0.05) is 49.9 Å². The van der Waals surface area contributed by atoms with Crippen molar-refractivity contribution in [3.05, 3.63) is 47.0 Å². The number of fused-ring (bicyclic) bond motifs is 1. The number of nitrogens with one attached hydrogen (secondary N) is 2. The summed E-state index contributed by atoms with van der Waals surface area (Å²) in [5.74, 6) is 1.13. The highest BCUT2D eigenvalue weighted by Gasteiger charge is 2.26. The zero-order chi connectivity index (χ0) is 18.2. The molecule has 0 bridgehead atoms. The molecule has 8 nitrogen and oxygen atoms in total. The molecule has 1 saturated carbocycles. The van der Waals surface area contributed by atoms with Gasteiger partial charge in [-0.3, -0.25) is 9.36 Å². The summed E-state index contributed by atoms with van der Waals surface area (Å²) in [4.78, 5) is 28.0. The molecule has 0 aromatic carbocycles. The Morgan fingerprint density at radius 2 is 1.86 bits per heavy atom. The van der Waals surface area contributed by atoms with Gasteiger partial charge < -0.3 is 15.5 Å². The number of aromatic nitrogens is 4. The van der Waals surface area contributed by atoms with Gasteiger partial charge in [0.25, 0.3) is 5.56 Å². The molecule has 28 heavy (non-hydrogen) atoms. The molecule has 9 heteroatoms. The lowest BCUT2D eigenvalue weighted by Gasteiger charge is -2.29. The fourth-order valence-electron chi connectivity index (χ4n) is 3.47. The summed E-state index contributed by atoms with van der Waals surface area (Å²) >= 11 is 0. The minimum atomic E-state index is -0.00634. The van der Waals surface area contributed by atoms with Crippen LogP contribution in [0, 0.1) is 0 Å². The number of halogens is 1. The SMILES string of the molecule is Cl.O=c1ccc2cnc(Nc3ccc(N4CCNCC4)cn3)nc2n1C1CC1. The molecule has 2 aliphatic rings. The van der Waals surface area contributed by atoms with Crippen molar-refractivity contribution in [2.24, 2.45) is 0 Å². The van der Waals surface area contributed by atoms with E-state index in [0.29, 0.717) is 17.4 Å². The average molecular weight is 400 g/mol. The maximum absolute atomic E-state index is 12.2. The molecule has 4 heterocycles. The van der Waals surface area contributed by atoms with Crippen LogP contribution in [0.1, 0.15) is 18.9 Å². The van der Waals surface area contributed by atoms with E-state index in [9.17, 15) is 4.79 Å². The Morgan fingerprint density at radius 1 is 1.04 bits per heavy atom. The van der Waals surface area contributed by atoms with Gasteiger partial charge in [-0.2, -0.15) is 4.98 Å². The summed E-state index contributed by atoms with van der Waals surface area (Å²) in [6, 6.07) is 7.63. The highest BCUT2D eigenvalue weighted by Crippen LogP contribution is 2.35. The van der Waals surface area contributed by atoms with E-state index in [1.165, 1.54) is 0 Å². The van der Waals surface area contributed by atoms with Gasteiger partial charge in [-0.25, -0.2) is 9.97 Å². The molecular formula is C19H22ClN7O. The van der Waals surface area contributed by atoms with Crippen LogP contribution in [0.15, 0.2) is 41.5 Å². The Kier molecular flexibility index (Phi) is 5.15. The molecule has 0 radical (unpaired) electrons. The van der Waals surface area contributed by atoms with Gasteiger partial charge in [0.15, 0.2) is 0 Å². The van der Waals surface area contributed by atoms with Crippen molar-refractivity contribution in [1.82, 2.24) is 24.8 Å². The standard InChI is InChI=1S/C19H21N7O.ClH/c27-17-6-1-13-11-22-19(24-18(13)26(17)14-2-3-14)23-16-5-4-15(12-21-16)25-9-7-20-8-10-25;/h1,4-6,11-12,14,20H,2-3,7-10H2,(H,21,22,23,24);1H. The van der Waals surface area contributed by atoms with Crippen LogP contribution >= 0.6 is 12.4 Å². The lowest BCUT2D eigenvalue weighted by molar-refractivity contribution is 0.589. The van der Waals surface area contributed by atoms with Gasteiger partial charge in [0.1, 0.15) is 11.5 Å². The monoisotopic (exact) mass is 399 g/mol. The summed E-state index contributed by atoms with van der Waals surface area (Å²) in [5.41, 5.74) is 1.79. The van der Waals surface area contributed by atoms with E-state index in [1.807, 2.05) is 12.3 Å². The lowest BCUT2D eigenvalue weighted by atomic mass is 10.3. The first-order valence-electron chi connectivity index (χ1n) is 9.35. The molecule has 0 amide bonds. The number of hydrogen-bond acceptors (Lipinski definition) is 7. The predicted molar refractivity (Wildman–Crippen MR) is 112 cm³/mol. The maximum atomic E-state index is 12.2. The highest BCUT2D eigenvalue weighted by atomic mass is 35.5. The molecule has 0 atom stereocenters. The molecule has 0 unspecified atom stereocenters. The number of hydrogen-bond donors (Lipinski definition) is 2. The molecule has 3 aromatic rings. The summed E-state index contributed by atoms with van der Waals surface area (Å²) in [6.07, 6.45) is 5.68. The number of nitrogens with zero attached hydrogens (tertiary/aromatic N) is 5. The molecule has 2 fully saturated rings. The van der Waals surface area contributed by atoms with Crippen LogP contribution in [0.25, 0.3) is 11.0 Å². The van der Waals surface area contributed by atoms with E-state index in [4.69, 9.17) is 0 Å². The molecule has 5 rings (SSSR count). The van der Waals surface area contributed by atoms with E-state index in [2.05, 4.69) is 36.6 Å². The van der Waals surface area contributed by atoms with Crippen molar-refractivity contribution >= 4 is 40.9 Å². The Balaban J connectivity index is 0.00000192. The van der Waals surface area contributed by atoms with Gasteiger partial charge in [0.2, 0.25) is 5.95 Å². The third-order valence-corrected chi connectivity index (χ3v) is 5.05. The number of rotatable bonds is 4. The normalized spacial score (nSPS) is 16.6. The fraction of sp³-hybridized carbons (Fsp3) is 0.368. The van der Waals surface area contributed by atoms with E-state index in [0.717, 1.165) is 50.1 Å². The molecule has 0 spiro atoms. The topological polar surface area (TPSA) is 88.0 Å². The molecule has 146 valence electrons. The average Bonchev–Trinajstić information content (AvgIpc) is 3.54. The van der Waals surface area contributed by atoms with Crippen LogP contribution in [-0.4, -0.2) is 45.7 Å². The maximum Gasteiger partial charge on any atom is 0.252 e. The molecule has 2 N–H and O–H groups in total. The van der Waals surface area contributed by atoms with Crippen molar-refractivity contribution in [3.63, 3.8) is 0 Å². The molecule has 1 aliphatic heterocycles. The van der Waals surface area contributed by atoms with Crippen LogP contribution in [0.2, 0.25) is 0 Å². The quantitative estimate of drug-likeness (QED) is 0.694. The first-order chi connectivity index (χ1) is 13.3. The first-order valence-corrected chi connectivity index (χ1v) is 9.35. The largest absolute Gasteiger partial charge is 0.368 e. The summed E-state index contributed by atoms with van der Waals surface area (Å²) in [5, 5.41) is 7.37. The number of pyridine rings is 2. The number of anilines is 3. The van der Waals surface area contributed by atoms with Crippen LogP contribution in [0.4, 0.5) is 17.5 Å². The van der Waals surface area contributed by atoms with Gasteiger partial charge in [-0.05, 0) is 31.0 Å². The Bertz CT molecular complexity index is 1030. The van der Waals surface area contributed by atoms with Crippen molar-refractivity contribution < 1.29 is 0 Å². The third-order valence-electron chi connectivity index (χ3n) is 5.05. The summed E-state index contributed by atoms with van der Waals surface area (Å²) in [6.45, 7) is 3.96. The molecular weight excluding hydrogens is 378 g/mol. The van der Waals surface area contributed by atoms with Crippen LogP contribution in [0.3, 0.4) is 0 Å². The number of piperazine rings is 1. The second-order valence-corrected chi connectivity index (χ2v) is 7.01. The second-order valence-electron chi connectivity index (χ2n) is 7.01. The van der Waals surface area contributed by atoms with Crippen molar-refractivity contribution in [3.8, 4) is 0 Å². The smallest absolute Gasteiger partial charge is 0.252 e. The lowest BCUT2D eigenvalue weighted by Crippen LogP contribution is -2.43. The van der Waals surface area contributed by atoms with Gasteiger partial charge in [-0.1, -0.05) is 0 Å². The van der Waals surface area contributed by atoms with Crippen molar-refractivity contribution in [2.75, 3.05) is 36.4 Å². The van der Waals surface area contributed by atoms with E-state index in [1.54, 1.807) is 22.9 Å². The zero-order valence-corrected chi connectivity index (χ0v) is 16.2. The fourth-order valence-corrected chi connectivity index (χ4v) is 3.47. The first kappa shape index (κ1) is 18.6. The Morgan fingerprint density at radius 3 is 2.57 bits per heavy atom. The van der Waals surface area contributed by atoms with E-state index in [-0.39, 0.29) is 24.0 Å². The minimum absolute atomic E-state index is 0. The third kappa shape index (κ3) is 3.65. The van der Waals surface area contributed by atoms with Crippen molar-refractivity contribution in [1.29, 1.82) is 0 Å². The molecule has 1 saturated heterocycles. The van der Waals surface area contributed by atoms with E-state index >= 15 is 0 Å². The molecule has 1 aliphatic carbocycles. The summed E-state index contributed by atoms with van der Waals surface area (Å²) < 4.78 is 1.78. The Hall–Kier alpha value is -2.71. The summed E-state index contributed by atoms with van der Waals surface area (Å²) in [7, 11) is 0. The Labute approximate surface area is 168 Å². The van der Waals surface area contributed by atoms with Gasteiger partial charge >= 0.3 is 0 Å². The zero-order valence-electron chi connectivity index (χ0n) is 15.3. The van der Waals surface area contributed by atoms with Crippen LogP contribution in [0.5, 0.6) is 0 Å². The van der Waals surface area contributed by atoms with Crippen LogP contribution < -0.4 is 21.1 Å². The second kappa shape index (κ2) is 7.73. The highest BCUT2D eigenvalue weighted by molar-refractivity contribution is 5.85. The minimum Gasteiger partial charge on any atom is -0.368 e. The molecule has 3 aromatic heterocycles. The van der Waals surface area contributed by atoms with Gasteiger partial charge in [-0.15, -0.1) is 12.4 Å². The van der Waals surface area contributed by atoms with Gasteiger partial charge in [0.05, 0.1) is 11.9 Å². The predicted octanol–water partition coefficient (Wildman–Crippen LogP) is 2.10.